The number of primary sulfonamides is 1. The van der Waals surface area contributed by atoms with Crippen molar-refractivity contribution in [2.24, 2.45) is 5.14 Å². The van der Waals surface area contributed by atoms with Gasteiger partial charge in [-0.05, 0) is 12.5 Å². The topological polar surface area (TPSA) is 119 Å². The summed E-state index contributed by atoms with van der Waals surface area (Å²) in [6, 6.07) is 7.42. The van der Waals surface area contributed by atoms with E-state index in [0.717, 1.165) is 22.5 Å². The number of nitrogens with two attached hydrogens (primary N) is 1. The van der Waals surface area contributed by atoms with Gasteiger partial charge >= 0.3 is 0 Å². The summed E-state index contributed by atoms with van der Waals surface area (Å²) >= 11 is 0.915. The normalized spacial score (nSPS) is 13.1. The van der Waals surface area contributed by atoms with E-state index in [0.29, 0.717) is 10.7 Å². The fourth-order valence-corrected chi connectivity index (χ4v) is 3.81. The second-order valence-corrected chi connectivity index (χ2v) is 7.99. The summed E-state index contributed by atoms with van der Waals surface area (Å²) in [6.45, 7) is 3.37. The molecule has 3 rings (SSSR count). The maximum atomic E-state index is 11.4. The second-order valence-electron chi connectivity index (χ2n) is 5.30. The highest BCUT2D eigenvalue weighted by Crippen LogP contribution is 2.26. The van der Waals surface area contributed by atoms with Gasteiger partial charge < -0.3 is 5.32 Å². The summed E-state index contributed by atoms with van der Waals surface area (Å²) in [5.74, 6) is -0.0953. The van der Waals surface area contributed by atoms with Gasteiger partial charge in [0.05, 0.1) is 17.9 Å². The minimum Gasteiger partial charge on any atom is -0.350 e. The molecule has 3 N–H and O–H groups in total. The van der Waals surface area contributed by atoms with Crippen LogP contribution in [0.25, 0.3) is 16.2 Å². The Hall–Kier alpha value is -2.30. The van der Waals surface area contributed by atoms with E-state index in [1.807, 2.05) is 31.2 Å². The van der Waals surface area contributed by atoms with Gasteiger partial charge in [0.15, 0.2) is 0 Å². The van der Waals surface area contributed by atoms with Crippen LogP contribution in [0, 0.1) is 0 Å². The Labute approximate surface area is 142 Å². The fraction of sp³-hybridized carbons (Fsp3) is 0.214. The quantitative estimate of drug-likeness (QED) is 0.722. The van der Waals surface area contributed by atoms with Crippen molar-refractivity contribution in [3.05, 3.63) is 36.0 Å². The molecular weight excluding hydrogens is 350 g/mol. The summed E-state index contributed by atoms with van der Waals surface area (Å²) in [4.78, 5) is 15.7. The fourth-order valence-electron chi connectivity index (χ4n) is 2.32. The van der Waals surface area contributed by atoms with Gasteiger partial charge in [-0.2, -0.15) is 0 Å². The number of fused-ring (bicyclic) bond motifs is 1. The molecule has 24 heavy (non-hydrogen) atoms. The average molecular weight is 365 g/mol. The summed E-state index contributed by atoms with van der Waals surface area (Å²) in [7, 11) is -3.86. The Morgan fingerprint density at radius 1 is 1.33 bits per heavy atom. The van der Waals surface area contributed by atoms with E-state index in [4.69, 9.17) is 5.14 Å². The van der Waals surface area contributed by atoms with Crippen LogP contribution in [0.5, 0.6) is 0 Å². The predicted octanol–water partition coefficient (Wildman–Crippen LogP) is 1.30. The number of benzene rings is 1. The number of carbonyl (C=O) groups excluding carboxylic acids is 1. The van der Waals surface area contributed by atoms with Crippen molar-refractivity contribution in [2.75, 3.05) is 0 Å². The van der Waals surface area contributed by atoms with Crippen LogP contribution in [0.1, 0.15) is 25.5 Å². The molecule has 1 amide bonds. The third-order valence-electron chi connectivity index (χ3n) is 3.44. The molecule has 0 bridgehead atoms. The van der Waals surface area contributed by atoms with Gasteiger partial charge in [-0.15, -0.1) is 5.10 Å². The molecule has 10 heteroatoms. The first kappa shape index (κ1) is 16.6. The van der Waals surface area contributed by atoms with Crippen molar-refractivity contribution in [2.45, 2.75) is 24.2 Å². The van der Waals surface area contributed by atoms with Crippen LogP contribution < -0.4 is 10.5 Å². The Morgan fingerprint density at radius 2 is 2.00 bits per heavy atom. The van der Waals surface area contributed by atoms with Crippen LogP contribution >= 0.6 is 11.3 Å². The molecular formula is C14H15N5O3S2. The van der Waals surface area contributed by atoms with E-state index in [-0.39, 0.29) is 16.3 Å². The van der Waals surface area contributed by atoms with Crippen LogP contribution in [-0.4, -0.2) is 28.9 Å². The number of hydrogen-bond acceptors (Lipinski definition) is 6. The van der Waals surface area contributed by atoms with Crippen LogP contribution in [0.3, 0.4) is 0 Å². The second kappa shape index (κ2) is 5.96. The molecule has 0 spiro atoms. The third kappa shape index (κ3) is 3.16. The van der Waals surface area contributed by atoms with E-state index in [1.165, 1.54) is 11.4 Å². The van der Waals surface area contributed by atoms with Crippen molar-refractivity contribution >= 4 is 32.2 Å². The lowest BCUT2D eigenvalue weighted by Gasteiger charge is -2.13. The number of nitrogens with zero attached hydrogens (tertiary/aromatic N) is 3. The number of hydrogen-bond donors (Lipinski definition) is 2. The molecule has 8 nitrogen and oxygen atoms in total. The van der Waals surface area contributed by atoms with E-state index in [2.05, 4.69) is 15.4 Å². The molecule has 0 saturated heterocycles. The summed E-state index contributed by atoms with van der Waals surface area (Å²) < 4.78 is 24.1. The third-order valence-corrected chi connectivity index (χ3v) is 5.67. The van der Waals surface area contributed by atoms with Crippen molar-refractivity contribution in [3.63, 3.8) is 0 Å². The van der Waals surface area contributed by atoms with E-state index < -0.39 is 10.0 Å². The van der Waals surface area contributed by atoms with Gasteiger partial charge in [-0.1, -0.05) is 35.6 Å². The van der Waals surface area contributed by atoms with Gasteiger partial charge in [-0.3, -0.25) is 4.79 Å². The molecule has 126 valence electrons. The van der Waals surface area contributed by atoms with E-state index in [1.54, 1.807) is 6.20 Å². The number of amides is 1. The molecule has 0 saturated carbocycles. The number of rotatable bonds is 4. The predicted molar refractivity (Wildman–Crippen MR) is 89.9 cm³/mol. The first-order chi connectivity index (χ1) is 11.3. The van der Waals surface area contributed by atoms with Crippen molar-refractivity contribution in [1.29, 1.82) is 0 Å². The number of carbonyl (C=O) groups is 1. The highest BCUT2D eigenvalue weighted by Gasteiger charge is 2.18. The van der Waals surface area contributed by atoms with E-state index in [9.17, 15) is 13.2 Å². The first-order valence-corrected chi connectivity index (χ1v) is 9.37. The molecule has 3 aromatic rings. The van der Waals surface area contributed by atoms with Crippen molar-refractivity contribution in [1.82, 2.24) is 19.9 Å². The zero-order chi connectivity index (χ0) is 17.5. The SMILES string of the molecule is CC(=O)NC(C)c1ccc(-c2cnc3sc(S(N)(=O)=O)nn23)cc1. The lowest BCUT2D eigenvalue weighted by molar-refractivity contribution is -0.119. The zero-order valence-electron chi connectivity index (χ0n) is 12.9. The van der Waals surface area contributed by atoms with Gasteiger partial charge in [0.1, 0.15) is 0 Å². The highest BCUT2D eigenvalue weighted by atomic mass is 32.2. The lowest BCUT2D eigenvalue weighted by Crippen LogP contribution is -2.23. The molecule has 1 atom stereocenters. The molecule has 0 aliphatic heterocycles. The number of nitrogens with one attached hydrogen (secondary N) is 1. The maximum Gasteiger partial charge on any atom is 0.267 e. The standard InChI is InChI=1S/C14H15N5O3S2/c1-8(17-9(2)20)10-3-5-11(6-4-10)12-7-16-13-19(12)18-14(23-13)24(15,21)22/h3-8H,1-2H3,(H,17,20)(H2,15,21,22). The van der Waals surface area contributed by atoms with Crippen LogP contribution in [0.4, 0.5) is 0 Å². The maximum absolute atomic E-state index is 11.4. The largest absolute Gasteiger partial charge is 0.350 e. The molecule has 0 aliphatic carbocycles. The molecule has 2 aromatic heterocycles. The minimum atomic E-state index is -3.86. The van der Waals surface area contributed by atoms with Crippen LogP contribution in [0.15, 0.2) is 34.8 Å². The van der Waals surface area contributed by atoms with Gasteiger partial charge in [0.25, 0.3) is 10.0 Å². The van der Waals surface area contributed by atoms with Crippen molar-refractivity contribution < 1.29 is 13.2 Å². The van der Waals surface area contributed by atoms with E-state index >= 15 is 0 Å². The van der Waals surface area contributed by atoms with Crippen LogP contribution in [-0.2, 0) is 14.8 Å². The Balaban J connectivity index is 1.96. The summed E-state index contributed by atoms with van der Waals surface area (Å²) in [6.07, 6.45) is 1.62. The Kier molecular flexibility index (Phi) is 4.11. The molecule has 1 unspecified atom stereocenters. The minimum absolute atomic E-state index is 0.0953. The molecule has 2 heterocycles. The van der Waals surface area contributed by atoms with Crippen LogP contribution in [0.2, 0.25) is 0 Å². The number of imidazole rings is 1. The monoisotopic (exact) mass is 365 g/mol. The molecule has 0 aliphatic rings. The number of sulfonamides is 1. The average Bonchev–Trinajstić information content (AvgIpc) is 3.06. The Bertz CT molecular complexity index is 1000. The summed E-state index contributed by atoms with van der Waals surface area (Å²) in [5.41, 5.74) is 2.45. The first-order valence-electron chi connectivity index (χ1n) is 7.00. The lowest BCUT2D eigenvalue weighted by atomic mass is 10.0. The molecule has 0 fully saturated rings. The molecule has 1 aromatic carbocycles. The Morgan fingerprint density at radius 3 is 2.58 bits per heavy atom. The highest BCUT2D eigenvalue weighted by molar-refractivity contribution is 7.91. The smallest absolute Gasteiger partial charge is 0.267 e. The van der Waals surface area contributed by atoms with Gasteiger partial charge in [0.2, 0.25) is 15.2 Å². The number of aromatic nitrogens is 3. The zero-order valence-corrected chi connectivity index (χ0v) is 14.6. The molecule has 0 radical (unpaired) electrons. The summed E-state index contributed by atoms with van der Waals surface area (Å²) in [5, 5.41) is 11.9. The van der Waals surface area contributed by atoms with Gasteiger partial charge in [0, 0.05) is 12.5 Å². The van der Waals surface area contributed by atoms with Gasteiger partial charge in [-0.25, -0.2) is 23.1 Å². The van der Waals surface area contributed by atoms with Crippen molar-refractivity contribution in [3.8, 4) is 11.3 Å².